The second-order valence-electron chi connectivity index (χ2n) is 3.14. The maximum atomic E-state index is 13.7. The van der Waals surface area contributed by atoms with Crippen molar-refractivity contribution in [3.8, 4) is 0 Å². The molecule has 4 nitrogen and oxygen atoms in total. The zero-order valence-electron chi connectivity index (χ0n) is 8.33. The number of ether oxygens (including phenoxy) is 1. The van der Waals surface area contributed by atoms with E-state index in [0.717, 1.165) is 11.1 Å². The van der Waals surface area contributed by atoms with Crippen LogP contribution in [0.4, 0.5) is 4.39 Å². The second kappa shape index (κ2) is 3.86. The van der Waals surface area contributed by atoms with Crippen LogP contribution in [0.2, 0.25) is 0 Å². The molecule has 1 aromatic heterocycles. The molecule has 0 aliphatic carbocycles. The van der Waals surface area contributed by atoms with Crippen molar-refractivity contribution in [2.45, 2.75) is 12.9 Å². The van der Waals surface area contributed by atoms with E-state index in [-0.39, 0.29) is 0 Å². The lowest BCUT2D eigenvalue weighted by Crippen LogP contribution is -2.39. The molecule has 0 bridgehead atoms. The molecule has 0 saturated heterocycles. The first kappa shape index (κ1) is 9.92. The van der Waals surface area contributed by atoms with Gasteiger partial charge >= 0.3 is 5.98 Å². The van der Waals surface area contributed by atoms with Gasteiger partial charge in [0.05, 0.1) is 6.20 Å². The lowest BCUT2D eigenvalue weighted by atomic mass is 10.1. The number of alkyl halides is 1. The summed E-state index contributed by atoms with van der Waals surface area (Å²) < 4.78 is 18.6. The first-order valence-electron chi connectivity index (χ1n) is 4.72. The Morgan fingerprint density at radius 2 is 2.47 bits per heavy atom. The average molecular weight is 209 g/mol. The summed E-state index contributed by atoms with van der Waals surface area (Å²) in [6, 6.07) is 0. The highest BCUT2D eigenvalue weighted by Crippen LogP contribution is 2.22. The molecule has 0 saturated carbocycles. The number of hydrogen-bond acceptors (Lipinski definition) is 3. The number of rotatable bonds is 3. The van der Waals surface area contributed by atoms with Crippen LogP contribution >= 0.6 is 0 Å². The SMILES string of the molecule is CCOC1(F)C=CC(c2cn[nH]c2)=CN1. The Balaban J connectivity index is 2.11. The highest BCUT2D eigenvalue weighted by atomic mass is 19.2. The van der Waals surface area contributed by atoms with Gasteiger partial charge in [0.1, 0.15) is 0 Å². The predicted molar refractivity (Wildman–Crippen MR) is 54.3 cm³/mol. The number of aromatic nitrogens is 2. The topological polar surface area (TPSA) is 49.9 Å². The van der Waals surface area contributed by atoms with Crippen molar-refractivity contribution in [1.82, 2.24) is 15.5 Å². The van der Waals surface area contributed by atoms with Gasteiger partial charge in [-0.05, 0) is 13.0 Å². The lowest BCUT2D eigenvalue weighted by Gasteiger charge is -2.24. The van der Waals surface area contributed by atoms with Crippen LogP contribution in [0, 0.1) is 0 Å². The van der Waals surface area contributed by atoms with Gasteiger partial charge in [0.15, 0.2) is 0 Å². The summed E-state index contributed by atoms with van der Waals surface area (Å²) in [4.78, 5) is 0. The van der Waals surface area contributed by atoms with Crippen LogP contribution in [0.5, 0.6) is 0 Å². The Labute approximate surface area is 86.8 Å². The van der Waals surface area contributed by atoms with E-state index in [1.165, 1.54) is 6.08 Å². The van der Waals surface area contributed by atoms with Crippen LogP contribution in [0.25, 0.3) is 5.57 Å². The monoisotopic (exact) mass is 209 g/mol. The normalized spacial score (nSPS) is 24.8. The highest BCUT2D eigenvalue weighted by Gasteiger charge is 2.27. The van der Waals surface area contributed by atoms with Crippen LogP contribution in [-0.2, 0) is 4.74 Å². The fraction of sp³-hybridized carbons (Fsp3) is 0.300. The highest BCUT2D eigenvalue weighted by molar-refractivity contribution is 5.73. The first-order chi connectivity index (χ1) is 7.23. The maximum Gasteiger partial charge on any atom is 0.307 e. The molecule has 1 aromatic rings. The van der Waals surface area contributed by atoms with Crippen LogP contribution in [0.1, 0.15) is 12.5 Å². The fourth-order valence-corrected chi connectivity index (χ4v) is 1.36. The van der Waals surface area contributed by atoms with E-state index >= 15 is 0 Å². The van der Waals surface area contributed by atoms with E-state index in [9.17, 15) is 4.39 Å². The molecule has 0 amide bonds. The molecule has 2 N–H and O–H groups in total. The van der Waals surface area contributed by atoms with E-state index in [0.29, 0.717) is 6.61 Å². The minimum absolute atomic E-state index is 0.308. The van der Waals surface area contributed by atoms with Gasteiger partial charge < -0.3 is 10.1 Å². The number of H-pyrrole nitrogens is 1. The molecule has 1 unspecified atom stereocenters. The van der Waals surface area contributed by atoms with Gasteiger partial charge in [-0.15, -0.1) is 0 Å². The zero-order valence-corrected chi connectivity index (χ0v) is 8.33. The minimum Gasteiger partial charge on any atom is -0.333 e. The van der Waals surface area contributed by atoms with Crippen molar-refractivity contribution < 1.29 is 9.13 Å². The van der Waals surface area contributed by atoms with Gasteiger partial charge in [-0.1, -0.05) is 0 Å². The Morgan fingerprint density at radius 3 is 3.00 bits per heavy atom. The van der Waals surface area contributed by atoms with Gasteiger partial charge in [0, 0.05) is 36.2 Å². The number of aromatic amines is 1. The van der Waals surface area contributed by atoms with E-state index in [1.54, 1.807) is 31.6 Å². The quantitative estimate of drug-likeness (QED) is 0.743. The zero-order chi connectivity index (χ0) is 10.7. The van der Waals surface area contributed by atoms with Crippen molar-refractivity contribution >= 4 is 5.57 Å². The summed E-state index contributed by atoms with van der Waals surface area (Å²) in [5.74, 6) is -1.89. The Morgan fingerprint density at radius 1 is 1.60 bits per heavy atom. The van der Waals surface area contributed by atoms with Crippen molar-refractivity contribution in [3.63, 3.8) is 0 Å². The van der Waals surface area contributed by atoms with E-state index < -0.39 is 5.98 Å². The Kier molecular flexibility index (Phi) is 2.55. The molecular formula is C10H12FN3O. The van der Waals surface area contributed by atoms with Crippen molar-refractivity contribution in [2.24, 2.45) is 0 Å². The van der Waals surface area contributed by atoms with Crippen LogP contribution < -0.4 is 5.32 Å². The molecule has 5 heteroatoms. The lowest BCUT2D eigenvalue weighted by molar-refractivity contribution is -0.117. The third-order valence-corrected chi connectivity index (χ3v) is 2.09. The number of nitrogens with one attached hydrogen (secondary N) is 2. The first-order valence-corrected chi connectivity index (χ1v) is 4.72. The van der Waals surface area contributed by atoms with Crippen molar-refractivity contribution in [1.29, 1.82) is 0 Å². The predicted octanol–water partition coefficient (Wildman–Crippen LogP) is 1.57. The number of allylic oxidation sites excluding steroid dienone is 2. The molecule has 0 spiro atoms. The smallest absolute Gasteiger partial charge is 0.307 e. The number of nitrogens with zero attached hydrogens (tertiary/aromatic N) is 1. The second-order valence-corrected chi connectivity index (χ2v) is 3.14. The summed E-state index contributed by atoms with van der Waals surface area (Å²) in [5, 5.41) is 9.07. The summed E-state index contributed by atoms with van der Waals surface area (Å²) in [6.07, 6.45) is 7.99. The largest absolute Gasteiger partial charge is 0.333 e. The van der Waals surface area contributed by atoms with E-state index in [1.807, 2.05) is 0 Å². The summed E-state index contributed by atoms with van der Waals surface area (Å²) in [6.45, 7) is 2.05. The van der Waals surface area contributed by atoms with Crippen LogP contribution in [0.3, 0.4) is 0 Å². The van der Waals surface area contributed by atoms with Gasteiger partial charge in [0.25, 0.3) is 0 Å². The van der Waals surface area contributed by atoms with Gasteiger partial charge in [0.2, 0.25) is 0 Å². The van der Waals surface area contributed by atoms with Crippen LogP contribution in [0.15, 0.2) is 30.7 Å². The summed E-state index contributed by atoms with van der Waals surface area (Å²) in [5.41, 5.74) is 1.76. The average Bonchev–Trinajstić information content (AvgIpc) is 2.72. The summed E-state index contributed by atoms with van der Waals surface area (Å²) in [7, 11) is 0. The molecule has 0 radical (unpaired) electrons. The van der Waals surface area contributed by atoms with Crippen LogP contribution in [-0.4, -0.2) is 22.8 Å². The fourth-order valence-electron chi connectivity index (χ4n) is 1.36. The molecule has 2 rings (SSSR count). The number of halogens is 1. The van der Waals surface area contributed by atoms with Crippen molar-refractivity contribution in [2.75, 3.05) is 6.61 Å². The van der Waals surface area contributed by atoms with Gasteiger partial charge in [-0.2, -0.15) is 9.49 Å². The molecule has 1 aliphatic rings. The number of hydrogen-bond donors (Lipinski definition) is 2. The molecule has 2 heterocycles. The maximum absolute atomic E-state index is 13.7. The number of dihydropyridines is 1. The molecule has 80 valence electrons. The molecular weight excluding hydrogens is 197 g/mol. The third kappa shape index (κ3) is 2.07. The molecule has 1 aliphatic heterocycles. The molecule has 15 heavy (non-hydrogen) atoms. The van der Waals surface area contributed by atoms with Gasteiger partial charge in [-0.25, -0.2) is 0 Å². The van der Waals surface area contributed by atoms with E-state index in [4.69, 9.17) is 4.74 Å². The Bertz CT molecular complexity index is 385. The minimum atomic E-state index is -1.89. The molecule has 1 atom stereocenters. The standard InChI is InChI=1S/C10H12FN3O/c1-2-15-10(11)4-3-8(5-12-10)9-6-13-14-7-9/h3-7,12H,2H2,1H3,(H,13,14). The molecule has 0 aromatic carbocycles. The van der Waals surface area contributed by atoms with E-state index in [2.05, 4.69) is 15.5 Å². The Hall–Kier alpha value is -1.62. The summed E-state index contributed by atoms with van der Waals surface area (Å²) >= 11 is 0. The van der Waals surface area contributed by atoms with Gasteiger partial charge in [-0.3, -0.25) is 5.10 Å². The van der Waals surface area contributed by atoms with Crippen molar-refractivity contribution in [3.05, 3.63) is 36.3 Å². The third-order valence-electron chi connectivity index (χ3n) is 2.09. The molecule has 0 fully saturated rings.